The second-order valence-electron chi connectivity index (χ2n) is 9.09. The van der Waals surface area contributed by atoms with Crippen LogP contribution >= 0.6 is 45.2 Å². The predicted molar refractivity (Wildman–Crippen MR) is 135 cm³/mol. The summed E-state index contributed by atoms with van der Waals surface area (Å²) >= 11 is 4.41. The van der Waals surface area contributed by atoms with E-state index in [0.29, 0.717) is 19.4 Å². The van der Waals surface area contributed by atoms with Crippen molar-refractivity contribution in [2.45, 2.75) is 53.1 Å². The highest BCUT2D eigenvalue weighted by Crippen LogP contribution is 2.33. The molecular formula is C23H30I2O7. The summed E-state index contributed by atoms with van der Waals surface area (Å²) in [6.07, 6.45) is 1.13. The summed E-state index contributed by atoms with van der Waals surface area (Å²) in [5.74, 6) is -1.06. The minimum absolute atomic E-state index is 0.00264. The molecule has 0 N–H and O–H groups in total. The van der Waals surface area contributed by atoms with E-state index in [1.54, 1.807) is 27.7 Å². The molecule has 1 aliphatic rings. The van der Waals surface area contributed by atoms with Crippen LogP contribution in [0.5, 0.6) is 0 Å². The molecule has 1 aromatic carbocycles. The van der Waals surface area contributed by atoms with Crippen LogP contribution in [0.25, 0.3) is 0 Å². The lowest BCUT2D eigenvalue weighted by Crippen LogP contribution is -2.33. The van der Waals surface area contributed by atoms with E-state index >= 15 is 0 Å². The first kappa shape index (κ1) is 27.3. The van der Waals surface area contributed by atoms with Crippen molar-refractivity contribution >= 4 is 63.1 Å². The summed E-state index contributed by atoms with van der Waals surface area (Å²) in [6.45, 7) is 8.06. The molecule has 0 bridgehead atoms. The zero-order valence-electron chi connectivity index (χ0n) is 18.9. The maximum Gasteiger partial charge on any atom is 0.311 e. The zero-order valence-corrected chi connectivity index (χ0v) is 23.2. The molecule has 7 nitrogen and oxygen atoms in total. The molecule has 0 aromatic heterocycles. The van der Waals surface area contributed by atoms with Gasteiger partial charge in [-0.1, -0.05) is 6.07 Å². The molecule has 1 heterocycles. The van der Waals surface area contributed by atoms with Gasteiger partial charge < -0.3 is 18.9 Å². The lowest BCUT2D eigenvalue weighted by Gasteiger charge is -2.28. The number of hydrogen-bond acceptors (Lipinski definition) is 7. The van der Waals surface area contributed by atoms with Crippen LogP contribution in [-0.4, -0.2) is 50.4 Å². The van der Waals surface area contributed by atoms with Gasteiger partial charge in [0.25, 0.3) is 0 Å². The quantitative estimate of drug-likeness (QED) is 0.108. The molecule has 1 aliphatic heterocycles. The summed E-state index contributed by atoms with van der Waals surface area (Å²) in [4.78, 5) is 36.8. The predicted octanol–water partition coefficient (Wildman–Crippen LogP) is 4.30. The lowest BCUT2D eigenvalue weighted by atomic mass is 9.79. The van der Waals surface area contributed by atoms with E-state index in [1.807, 2.05) is 18.2 Å². The fourth-order valence-electron chi connectivity index (χ4n) is 2.71. The number of halogens is 2. The van der Waals surface area contributed by atoms with Gasteiger partial charge >= 0.3 is 17.9 Å². The molecule has 32 heavy (non-hydrogen) atoms. The zero-order chi connectivity index (χ0) is 23.9. The van der Waals surface area contributed by atoms with E-state index in [4.69, 9.17) is 18.9 Å². The number of carbonyl (C=O) groups excluding carboxylic acids is 3. The van der Waals surface area contributed by atoms with E-state index in [9.17, 15) is 14.4 Å². The van der Waals surface area contributed by atoms with E-state index in [2.05, 4.69) is 45.2 Å². The maximum atomic E-state index is 12.5. The van der Waals surface area contributed by atoms with Crippen LogP contribution in [-0.2, 0) is 39.8 Å². The largest absolute Gasteiger partial charge is 0.462 e. The van der Waals surface area contributed by atoms with Crippen LogP contribution < -0.4 is 0 Å². The first-order valence-corrected chi connectivity index (χ1v) is 12.6. The molecule has 1 atom stereocenters. The van der Waals surface area contributed by atoms with Crippen molar-refractivity contribution in [2.75, 3.05) is 26.4 Å². The second-order valence-corrected chi connectivity index (χ2v) is 11.5. The highest BCUT2D eigenvalue weighted by atomic mass is 127. The first-order valence-electron chi connectivity index (χ1n) is 10.5. The van der Waals surface area contributed by atoms with Gasteiger partial charge in [-0.25, -0.2) is 0 Å². The standard InChI is InChI=1S/C23H30I2O7/c1-22(2,7-8-23(3,4)21(28)32-14-17-13-31-17)20(27)30-10-9-29-19(26)11-15-5-6-16(24)12-18(15)25/h5-6,12,17H,7-11,13-14H2,1-4H3. The van der Waals surface area contributed by atoms with Crippen LogP contribution in [0.15, 0.2) is 18.2 Å². The van der Waals surface area contributed by atoms with Crippen molar-refractivity contribution in [1.82, 2.24) is 0 Å². The van der Waals surface area contributed by atoms with Gasteiger partial charge in [0.2, 0.25) is 0 Å². The van der Waals surface area contributed by atoms with E-state index in [0.717, 1.165) is 12.7 Å². The van der Waals surface area contributed by atoms with Gasteiger partial charge in [0.05, 0.1) is 23.9 Å². The van der Waals surface area contributed by atoms with Gasteiger partial charge in [-0.3, -0.25) is 14.4 Å². The number of carbonyl (C=O) groups is 3. The Morgan fingerprint density at radius 2 is 1.53 bits per heavy atom. The smallest absolute Gasteiger partial charge is 0.311 e. The molecular weight excluding hydrogens is 642 g/mol. The van der Waals surface area contributed by atoms with E-state index in [1.165, 1.54) is 0 Å². The first-order chi connectivity index (χ1) is 14.9. The number of hydrogen-bond donors (Lipinski definition) is 0. The molecule has 0 spiro atoms. The van der Waals surface area contributed by atoms with Crippen molar-refractivity contribution < 1.29 is 33.3 Å². The molecule has 178 valence electrons. The Bertz CT molecular complexity index is 832. The minimum Gasteiger partial charge on any atom is -0.462 e. The Hall–Kier alpha value is -0.950. The Kier molecular flexibility index (Phi) is 10.2. The summed E-state index contributed by atoms with van der Waals surface area (Å²) in [5.41, 5.74) is -0.590. The van der Waals surface area contributed by atoms with Crippen molar-refractivity contribution in [1.29, 1.82) is 0 Å². The Labute approximate surface area is 216 Å². The van der Waals surface area contributed by atoms with Crippen LogP contribution in [0.4, 0.5) is 0 Å². The van der Waals surface area contributed by atoms with Crippen molar-refractivity contribution in [3.63, 3.8) is 0 Å². The fourth-order valence-corrected chi connectivity index (χ4v) is 4.51. The third kappa shape index (κ3) is 9.12. The Balaban J connectivity index is 1.69. The van der Waals surface area contributed by atoms with E-state index in [-0.39, 0.29) is 44.3 Å². The topological polar surface area (TPSA) is 91.4 Å². The Morgan fingerprint density at radius 3 is 2.09 bits per heavy atom. The average Bonchev–Trinajstić information content (AvgIpc) is 3.54. The fraction of sp³-hybridized carbons (Fsp3) is 0.609. The number of esters is 3. The SMILES string of the molecule is CC(C)(CCC(C)(C)C(=O)OCC1CO1)C(=O)OCCOC(=O)Cc1ccc(I)cc1I. The van der Waals surface area contributed by atoms with Gasteiger partial charge in [0.1, 0.15) is 25.9 Å². The third-order valence-corrected chi connectivity index (χ3v) is 6.89. The second kappa shape index (κ2) is 12.0. The molecule has 0 saturated carbocycles. The summed E-state index contributed by atoms with van der Waals surface area (Å²) in [6, 6.07) is 5.85. The molecule has 2 rings (SSSR count). The van der Waals surface area contributed by atoms with Gasteiger partial charge in [-0.15, -0.1) is 0 Å². The van der Waals surface area contributed by atoms with Gasteiger partial charge in [0.15, 0.2) is 0 Å². The highest BCUT2D eigenvalue weighted by Gasteiger charge is 2.37. The van der Waals surface area contributed by atoms with Crippen molar-refractivity contribution in [3.05, 3.63) is 30.9 Å². The molecule has 1 unspecified atom stereocenters. The minimum atomic E-state index is -0.779. The number of rotatable bonds is 12. The highest BCUT2D eigenvalue weighted by molar-refractivity contribution is 14.1. The van der Waals surface area contributed by atoms with Crippen LogP contribution in [0.3, 0.4) is 0 Å². The summed E-state index contributed by atoms with van der Waals surface area (Å²) in [7, 11) is 0. The molecule has 0 amide bonds. The molecule has 0 radical (unpaired) electrons. The average molecular weight is 672 g/mol. The summed E-state index contributed by atoms with van der Waals surface area (Å²) < 4.78 is 22.9. The molecule has 0 aliphatic carbocycles. The lowest BCUT2D eigenvalue weighted by molar-refractivity contribution is -0.161. The van der Waals surface area contributed by atoms with Crippen LogP contribution in [0.2, 0.25) is 0 Å². The molecule has 1 aromatic rings. The number of ether oxygens (including phenoxy) is 4. The normalized spacial score (nSPS) is 15.8. The third-order valence-electron chi connectivity index (χ3n) is 5.21. The monoisotopic (exact) mass is 672 g/mol. The van der Waals surface area contributed by atoms with Gasteiger partial charge in [0, 0.05) is 7.14 Å². The molecule has 1 fully saturated rings. The Morgan fingerprint density at radius 1 is 0.969 bits per heavy atom. The summed E-state index contributed by atoms with van der Waals surface area (Å²) in [5, 5.41) is 0. The number of epoxide rings is 1. The van der Waals surface area contributed by atoms with Crippen LogP contribution in [0, 0.1) is 18.0 Å². The van der Waals surface area contributed by atoms with Crippen molar-refractivity contribution in [3.8, 4) is 0 Å². The number of benzene rings is 1. The van der Waals surface area contributed by atoms with Gasteiger partial charge in [-0.2, -0.15) is 0 Å². The molecule has 1 saturated heterocycles. The van der Waals surface area contributed by atoms with E-state index < -0.39 is 16.8 Å². The van der Waals surface area contributed by atoms with Crippen molar-refractivity contribution in [2.24, 2.45) is 10.8 Å². The maximum absolute atomic E-state index is 12.5. The van der Waals surface area contributed by atoms with Crippen LogP contribution in [0.1, 0.15) is 46.1 Å². The molecule has 9 heteroatoms. The van der Waals surface area contributed by atoms with Gasteiger partial charge in [-0.05, 0) is 103 Å².